The van der Waals surface area contributed by atoms with Gasteiger partial charge in [0.05, 0.1) is 25.8 Å². The molecule has 0 saturated carbocycles. The van der Waals surface area contributed by atoms with Crippen molar-refractivity contribution in [2.45, 2.75) is 0 Å². The first kappa shape index (κ1) is 16.2. The van der Waals surface area contributed by atoms with Crippen molar-refractivity contribution in [3.05, 3.63) is 56.5 Å². The molecule has 0 spiro atoms. The average Bonchev–Trinajstić information content (AvgIpc) is 2.43. The lowest BCUT2D eigenvalue weighted by Crippen LogP contribution is -2.20. The Morgan fingerprint density at radius 3 is 2.19 bits per heavy atom. The first-order valence-electron chi connectivity index (χ1n) is 5.79. The normalized spacial score (nSPS) is 10.3. The molecular weight excluding hydrogens is 356 g/mol. The Hall–Kier alpha value is -1.13. The SMILES string of the molecule is O=C(COc1c(Cl)cccc1Cl)Nc1cccc(Cl)c1Cl. The molecule has 2 aromatic rings. The molecule has 0 bridgehead atoms. The monoisotopic (exact) mass is 363 g/mol. The lowest BCUT2D eigenvalue weighted by Gasteiger charge is -2.11. The molecule has 0 atom stereocenters. The van der Waals surface area contributed by atoms with E-state index >= 15 is 0 Å². The van der Waals surface area contributed by atoms with E-state index < -0.39 is 5.91 Å². The molecule has 0 aliphatic carbocycles. The molecule has 0 saturated heterocycles. The summed E-state index contributed by atoms with van der Waals surface area (Å²) in [5.41, 5.74) is 0.406. The minimum absolute atomic E-state index is 0.258. The van der Waals surface area contributed by atoms with Crippen LogP contribution in [0, 0.1) is 0 Å². The van der Waals surface area contributed by atoms with Gasteiger partial charge in [0, 0.05) is 0 Å². The molecule has 0 unspecified atom stereocenters. The average molecular weight is 365 g/mol. The number of halogens is 4. The van der Waals surface area contributed by atoms with Gasteiger partial charge in [-0.1, -0.05) is 58.5 Å². The Morgan fingerprint density at radius 2 is 1.52 bits per heavy atom. The third-order valence-electron chi connectivity index (χ3n) is 2.49. The molecule has 0 heterocycles. The lowest BCUT2D eigenvalue weighted by molar-refractivity contribution is -0.118. The molecule has 0 radical (unpaired) electrons. The molecule has 1 N–H and O–H groups in total. The molecular formula is C14H9Cl4NO2. The van der Waals surface area contributed by atoms with Crippen molar-refractivity contribution in [2.24, 2.45) is 0 Å². The van der Waals surface area contributed by atoms with E-state index in [1.165, 1.54) is 0 Å². The van der Waals surface area contributed by atoms with Crippen molar-refractivity contribution >= 4 is 58.0 Å². The van der Waals surface area contributed by atoms with Gasteiger partial charge in [-0.3, -0.25) is 4.79 Å². The van der Waals surface area contributed by atoms with E-state index in [0.29, 0.717) is 20.8 Å². The zero-order chi connectivity index (χ0) is 15.4. The molecule has 2 aromatic carbocycles. The highest BCUT2D eigenvalue weighted by atomic mass is 35.5. The molecule has 0 aliphatic rings. The van der Waals surface area contributed by atoms with Gasteiger partial charge in [0.2, 0.25) is 0 Å². The number of ether oxygens (including phenoxy) is 1. The van der Waals surface area contributed by atoms with Crippen LogP contribution in [0.4, 0.5) is 5.69 Å². The van der Waals surface area contributed by atoms with Crippen molar-refractivity contribution < 1.29 is 9.53 Å². The summed E-state index contributed by atoms with van der Waals surface area (Å²) in [7, 11) is 0. The number of benzene rings is 2. The summed E-state index contributed by atoms with van der Waals surface area (Å²) < 4.78 is 5.32. The van der Waals surface area contributed by atoms with Gasteiger partial charge in [0.25, 0.3) is 5.91 Å². The van der Waals surface area contributed by atoms with E-state index in [9.17, 15) is 4.79 Å². The minimum atomic E-state index is -0.407. The van der Waals surface area contributed by atoms with Gasteiger partial charge < -0.3 is 10.1 Å². The summed E-state index contributed by atoms with van der Waals surface area (Å²) in [5, 5.41) is 3.87. The van der Waals surface area contributed by atoms with Crippen molar-refractivity contribution in [1.29, 1.82) is 0 Å². The van der Waals surface area contributed by atoms with Crippen LogP contribution in [0.3, 0.4) is 0 Å². The number of carbonyl (C=O) groups is 1. The second kappa shape index (κ2) is 7.23. The Bertz CT molecular complexity index is 656. The summed E-state index contributed by atoms with van der Waals surface area (Å²) in [6.07, 6.45) is 0. The number of carbonyl (C=O) groups excluding carboxylic acids is 1. The van der Waals surface area contributed by atoms with E-state index in [-0.39, 0.29) is 17.4 Å². The molecule has 1 amide bonds. The van der Waals surface area contributed by atoms with Crippen LogP contribution < -0.4 is 10.1 Å². The van der Waals surface area contributed by atoms with Crippen LogP contribution in [0.25, 0.3) is 0 Å². The summed E-state index contributed by atoms with van der Waals surface area (Å²) in [6.45, 7) is -0.258. The molecule has 0 fully saturated rings. The summed E-state index contributed by atoms with van der Waals surface area (Å²) in [6, 6.07) is 9.86. The standard InChI is InChI=1S/C14H9Cl4NO2/c15-8-3-2-6-11(13(8)18)19-12(20)7-21-14-9(16)4-1-5-10(14)17/h1-6H,7H2,(H,19,20). The first-order valence-corrected chi connectivity index (χ1v) is 7.31. The van der Waals surface area contributed by atoms with Gasteiger partial charge in [-0.15, -0.1) is 0 Å². The predicted molar refractivity (Wildman–Crippen MR) is 87.0 cm³/mol. The first-order chi connectivity index (χ1) is 9.99. The molecule has 2 rings (SSSR count). The highest BCUT2D eigenvalue weighted by molar-refractivity contribution is 6.44. The van der Waals surface area contributed by atoms with Crippen LogP contribution in [-0.2, 0) is 4.79 Å². The van der Waals surface area contributed by atoms with Crippen molar-refractivity contribution in [3.63, 3.8) is 0 Å². The maximum atomic E-state index is 11.8. The summed E-state index contributed by atoms with van der Waals surface area (Å²) in [4.78, 5) is 11.8. The fraction of sp³-hybridized carbons (Fsp3) is 0.0714. The third-order valence-corrected chi connectivity index (χ3v) is 3.91. The number of amides is 1. The highest BCUT2D eigenvalue weighted by Gasteiger charge is 2.11. The predicted octanol–water partition coefficient (Wildman–Crippen LogP) is 5.32. The number of rotatable bonds is 4. The topological polar surface area (TPSA) is 38.3 Å². The van der Waals surface area contributed by atoms with Crippen molar-refractivity contribution in [2.75, 3.05) is 11.9 Å². The Morgan fingerprint density at radius 1 is 0.952 bits per heavy atom. The van der Waals surface area contributed by atoms with Gasteiger partial charge in [0.1, 0.15) is 0 Å². The van der Waals surface area contributed by atoms with Crippen LogP contribution in [0.1, 0.15) is 0 Å². The van der Waals surface area contributed by atoms with E-state index in [2.05, 4.69) is 5.32 Å². The molecule has 7 heteroatoms. The number of hydrogen-bond donors (Lipinski definition) is 1. The van der Waals surface area contributed by atoms with Gasteiger partial charge in [-0.05, 0) is 24.3 Å². The van der Waals surface area contributed by atoms with E-state index in [4.69, 9.17) is 51.1 Å². The smallest absolute Gasteiger partial charge is 0.262 e. The Labute approximate surface area is 141 Å². The highest BCUT2D eigenvalue weighted by Crippen LogP contribution is 2.32. The van der Waals surface area contributed by atoms with Gasteiger partial charge >= 0.3 is 0 Å². The van der Waals surface area contributed by atoms with Crippen LogP contribution in [-0.4, -0.2) is 12.5 Å². The van der Waals surface area contributed by atoms with E-state index in [1.54, 1.807) is 36.4 Å². The maximum Gasteiger partial charge on any atom is 0.262 e. The molecule has 3 nitrogen and oxygen atoms in total. The number of hydrogen-bond acceptors (Lipinski definition) is 2. The summed E-state index contributed by atoms with van der Waals surface area (Å²) in [5.74, 6) is -0.150. The molecule has 0 aliphatic heterocycles. The van der Waals surface area contributed by atoms with Crippen LogP contribution in [0.2, 0.25) is 20.1 Å². The number of anilines is 1. The summed E-state index contributed by atoms with van der Waals surface area (Å²) >= 11 is 23.7. The van der Waals surface area contributed by atoms with Crippen LogP contribution in [0.5, 0.6) is 5.75 Å². The molecule has 0 aromatic heterocycles. The quantitative estimate of drug-likeness (QED) is 0.797. The fourth-order valence-electron chi connectivity index (χ4n) is 1.54. The van der Waals surface area contributed by atoms with Crippen molar-refractivity contribution in [1.82, 2.24) is 0 Å². The second-order valence-corrected chi connectivity index (χ2v) is 5.59. The molecule has 21 heavy (non-hydrogen) atoms. The fourth-order valence-corrected chi connectivity index (χ4v) is 2.40. The van der Waals surface area contributed by atoms with Crippen LogP contribution in [0.15, 0.2) is 36.4 Å². The van der Waals surface area contributed by atoms with Crippen molar-refractivity contribution in [3.8, 4) is 5.75 Å². The Balaban J connectivity index is 2.01. The second-order valence-electron chi connectivity index (χ2n) is 3.99. The largest absolute Gasteiger partial charge is 0.481 e. The van der Waals surface area contributed by atoms with E-state index in [1.807, 2.05) is 0 Å². The minimum Gasteiger partial charge on any atom is -0.481 e. The molecule has 110 valence electrons. The maximum absolute atomic E-state index is 11.8. The van der Waals surface area contributed by atoms with Gasteiger partial charge in [-0.2, -0.15) is 0 Å². The van der Waals surface area contributed by atoms with E-state index in [0.717, 1.165) is 0 Å². The third kappa shape index (κ3) is 4.17. The lowest BCUT2D eigenvalue weighted by atomic mass is 10.3. The Kier molecular flexibility index (Phi) is 5.59. The van der Waals surface area contributed by atoms with Gasteiger partial charge in [0.15, 0.2) is 12.4 Å². The number of nitrogens with one attached hydrogen (secondary N) is 1. The zero-order valence-corrected chi connectivity index (χ0v) is 13.5. The van der Waals surface area contributed by atoms with Gasteiger partial charge in [-0.25, -0.2) is 0 Å². The van der Waals surface area contributed by atoms with Crippen LogP contribution >= 0.6 is 46.4 Å². The number of para-hydroxylation sites is 1. The zero-order valence-electron chi connectivity index (χ0n) is 10.5.